The van der Waals surface area contributed by atoms with E-state index in [1.54, 1.807) is 59.5 Å². The molecule has 158 valence electrons. The highest BCUT2D eigenvalue weighted by atomic mass is 79.9. The number of amides is 2. The van der Waals surface area contributed by atoms with Crippen molar-refractivity contribution < 1.29 is 14.0 Å². The fourth-order valence-electron chi connectivity index (χ4n) is 3.57. The number of piperazine rings is 1. The van der Waals surface area contributed by atoms with Crippen molar-refractivity contribution in [3.63, 3.8) is 0 Å². The minimum absolute atomic E-state index is 0.0719. The van der Waals surface area contributed by atoms with Gasteiger partial charge in [0.2, 0.25) is 0 Å². The number of hydrogen-bond donors (Lipinski definition) is 1. The van der Waals surface area contributed by atoms with E-state index >= 15 is 0 Å². The van der Waals surface area contributed by atoms with Crippen molar-refractivity contribution in [1.29, 1.82) is 0 Å². The molecule has 1 aliphatic heterocycles. The first-order valence-corrected chi connectivity index (χ1v) is 10.8. The van der Waals surface area contributed by atoms with E-state index in [2.05, 4.69) is 26.1 Å². The summed E-state index contributed by atoms with van der Waals surface area (Å²) in [5.41, 5.74) is 2.58. The van der Waals surface area contributed by atoms with Crippen LogP contribution in [0.5, 0.6) is 0 Å². The normalized spacial score (nSPS) is 13.7. The fourth-order valence-corrected chi connectivity index (χ4v) is 3.96. The van der Waals surface area contributed by atoms with Crippen LogP contribution >= 0.6 is 15.9 Å². The Hall–Kier alpha value is -3.19. The third kappa shape index (κ3) is 5.11. The van der Waals surface area contributed by atoms with Gasteiger partial charge >= 0.3 is 0 Å². The Labute approximate surface area is 188 Å². The molecule has 0 bridgehead atoms. The van der Waals surface area contributed by atoms with Crippen LogP contribution < -0.4 is 10.2 Å². The van der Waals surface area contributed by atoms with E-state index in [1.807, 2.05) is 6.07 Å². The van der Waals surface area contributed by atoms with Crippen LogP contribution in [-0.2, 0) is 0 Å². The van der Waals surface area contributed by atoms with Crippen molar-refractivity contribution in [2.45, 2.75) is 0 Å². The molecule has 0 aromatic heterocycles. The Morgan fingerprint density at radius 1 is 0.839 bits per heavy atom. The number of halogens is 2. The van der Waals surface area contributed by atoms with Gasteiger partial charge in [0.1, 0.15) is 5.82 Å². The fraction of sp³-hybridized carbons (Fsp3) is 0.167. The molecule has 0 saturated carbocycles. The summed E-state index contributed by atoms with van der Waals surface area (Å²) in [6.07, 6.45) is 0. The number of benzene rings is 3. The van der Waals surface area contributed by atoms with Gasteiger partial charge in [0, 0.05) is 53.2 Å². The van der Waals surface area contributed by atoms with Gasteiger partial charge in [-0.1, -0.05) is 28.1 Å². The third-order valence-electron chi connectivity index (χ3n) is 5.21. The average molecular weight is 482 g/mol. The zero-order valence-electron chi connectivity index (χ0n) is 16.7. The molecule has 0 aliphatic carbocycles. The second kappa shape index (κ2) is 9.31. The first kappa shape index (κ1) is 21.1. The smallest absolute Gasteiger partial charge is 0.255 e. The van der Waals surface area contributed by atoms with Crippen molar-refractivity contribution in [3.8, 4) is 0 Å². The predicted molar refractivity (Wildman–Crippen MR) is 123 cm³/mol. The Morgan fingerprint density at radius 2 is 1.52 bits per heavy atom. The van der Waals surface area contributed by atoms with Gasteiger partial charge in [-0.25, -0.2) is 4.39 Å². The quantitative estimate of drug-likeness (QED) is 0.581. The summed E-state index contributed by atoms with van der Waals surface area (Å²) in [6, 6.07) is 20.5. The van der Waals surface area contributed by atoms with Crippen LogP contribution in [0.2, 0.25) is 0 Å². The SMILES string of the molecule is O=C(Nc1cccc(C(=O)N2CCN(c3ccc(F)cc3)CC2)c1)c1cccc(Br)c1. The molecular weight excluding hydrogens is 461 g/mol. The molecule has 0 atom stereocenters. The minimum atomic E-state index is -0.260. The molecule has 0 unspecified atom stereocenters. The monoisotopic (exact) mass is 481 g/mol. The first-order chi connectivity index (χ1) is 15.0. The molecular formula is C24H21BrFN3O2. The lowest BCUT2D eigenvalue weighted by molar-refractivity contribution is 0.0746. The second-order valence-electron chi connectivity index (χ2n) is 7.30. The van der Waals surface area contributed by atoms with E-state index in [1.165, 1.54) is 12.1 Å². The van der Waals surface area contributed by atoms with Gasteiger partial charge in [-0.05, 0) is 60.7 Å². The maximum absolute atomic E-state index is 13.1. The molecule has 7 heteroatoms. The molecule has 2 amide bonds. The number of hydrogen-bond acceptors (Lipinski definition) is 3. The summed E-state index contributed by atoms with van der Waals surface area (Å²) in [6.45, 7) is 2.50. The highest BCUT2D eigenvalue weighted by Gasteiger charge is 2.22. The van der Waals surface area contributed by atoms with Crippen molar-refractivity contribution >= 4 is 39.1 Å². The highest BCUT2D eigenvalue weighted by Crippen LogP contribution is 2.20. The Bertz CT molecular complexity index is 1100. The van der Waals surface area contributed by atoms with Crippen molar-refractivity contribution in [1.82, 2.24) is 4.90 Å². The van der Waals surface area contributed by atoms with Gasteiger partial charge in [0.25, 0.3) is 11.8 Å². The lowest BCUT2D eigenvalue weighted by Crippen LogP contribution is -2.48. The Morgan fingerprint density at radius 3 is 2.23 bits per heavy atom. The summed E-state index contributed by atoms with van der Waals surface area (Å²) in [7, 11) is 0. The second-order valence-corrected chi connectivity index (χ2v) is 8.22. The van der Waals surface area contributed by atoms with E-state index in [0.29, 0.717) is 43.0 Å². The van der Waals surface area contributed by atoms with Crippen molar-refractivity contribution in [2.24, 2.45) is 0 Å². The van der Waals surface area contributed by atoms with Crippen LogP contribution in [0.3, 0.4) is 0 Å². The average Bonchev–Trinajstić information content (AvgIpc) is 2.79. The predicted octanol–water partition coefficient (Wildman–Crippen LogP) is 4.80. The summed E-state index contributed by atoms with van der Waals surface area (Å²) < 4.78 is 14.0. The van der Waals surface area contributed by atoms with E-state index < -0.39 is 0 Å². The molecule has 5 nitrogen and oxygen atoms in total. The van der Waals surface area contributed by atoms with Crippen LogP contribution in [0.4, 0.5) is 15.8 Å². The maximum atomic E-state index is 13.1. The highest BCUT2D eigenvalue weighted by molar-refractivity contribution is 9.10. The standard InChI is InChI=1S/C24H21BrFN3O2/c25-19-5-1-3-17(15-19)23(30)27-21-6-2-4-18(16-21)24(31)29-13-11-28(12-14-29)22-9-7-20(26)8-10-22/h1-10,15-16H,11-14H2,(H,27,30). The largest absolute Gasteiger partial charge is 0.368 e. The van der Waals surface area contributed by atoms with E-state index in [4.69, 9.17) is 0 Å². The van der Waals surface area contributed by atoms with Crippen LogP contribution in [0.1, 0.15) is 20.7 Å². The minimum Gasteiger partial charge on any atom is -0.368 e. The third-order valence-corrected chi connectivity index (χ3v) is 5.71. The molecule has 1 fully saturated rings. The first-order valence-electron chi connectivity index (χ1n) is 9.96. The maximum Gasteiger partial charge on any atom is 0.255 e. The number of carbonyl (C=O) groups is 2. The van der Waals surface area contributed by atoms with Crippen LogP contribution in [0, 0.1) is 5.82 Å². The number of carbonyl (C=O) groups excluding carboxylic acids is 2. The van der Waals surface area contributed by atoms with Gasteiger partial charge in [-0.15, -0.1) is 0 Å². The summed E-state index contributed by atoms with van der Waals surface area (Å²) in [5, 5.41) is 2.85. The van der Waals surface area contributed by atoms with Gasteiger partial charge in [0.05, 0.1) is 0 Å². The summed E-state index contributed by atoms with van der Waals surface area (Å²) in [5.74, 6) is -0.569. The van der Waals surface area contributed by atoms with E-state index in [0.717, 1.165) is 10.2 Å². The molecule has 3 aromatic rings. The van der Waals surface area contributed by atoms with E-state index in [9.17, 15) is 14.0 Å². The van der Waals surface area contributed by atoms with Crippen LogP contribution in [-0.4, -0.2) is 42.9 Å². The number of rotatable bonds is 4. The van der Waals surface area contributed by atoms with Crippen molar-refractivity contribution in [3.05, 3.63) is 94.2 Å². The molecule has 1 saturated heterocycles. The summed E-state index contributed by atoms with van der Waals surface area (Å²) >= 11 is 3.36. The molecule has 3 aromatic carbocycles. The number of anilines is 2. The van der Waals surface area contributed by atoms with Gasteiger partial charge in [0.15, 0.2) is 0 Å². The van der Waals surface area contributed by atoms with E-state index in [-0.39, 0.29) is 17.6 Å². The zero-order chi connectivity index (χ0) is 21.8. The topological polar surface area (TPSA) is 52.7 Å². The molecule has 0 radical (unpaired) electrons. The molecule has 1 heterocycles. The molecule has 0 spiro atoms. The Kier molecular flexibility index (Phi) is 6.32. The van der Waals surface area contributed by atoms with Crippen molar-refractivity contribution in [2.75, 3.05) is 36.4 Å². The summed E-state index contributed by atoms with van der Waals surface area (Å²) in [4.78, 5) is 29.4. The molecule has 4 rings (SSSR count). The number of nitrogens with one attached hydrogen (secondary N) is 1. The zero-order valence-corrected chi connectivity index (χ0v) is 18.3. The van der Waals surface area contributed by atoms with Crippen LogP contribution in [0.25, 0.3) is 0 Å². The van der Waals surface area contributed by atoms with Gasteiger partial charge < -0.3 is 15.1 Å². The molecule has 1 N–H and O–H groups in total. The lowest BCUT2D eigenvalue weighted by Gasteiger charge is -2.36. The lowest BCUT2D eigenvalue weighted by atomic mass is 10.1. The molecule has 31 heavy (non-hydrogen) atoms. The molecule has 1 aliphatic rings. The van der Waals surface area contributed by atoms with Gasteiger partial charge in [-0.2, -0.15) is 0 Å². The van der Waals surface area contributed by atoms with Gasteiger partial charge in [-0.3, -0.25) is 9.59 Å². The van der Waals surface area contributed by atoms with Crippen LogP contribution in [0.15, 0.2) is 77.3 Å². The number of nitrogens with zero attached hydrogens (tertiary/aromatic N) is 2. The Balaban J connectivity index is 1.39.